The fraction of sp³-hybridized carbons (Fsp3) is 0.0909. The molecule has 0 radical (unpaired) electrons. The van der Waals surface area contributed by atoms with Gasteiger partial charge in [0.15, 0.2) is 0 Å². The van der Waals surface area contributed by atoms with Gasteiger partial charge in [-0.25, -0.2) is 0 Å². The first-order valence-electron chi connectivity index (χ1n) is 8.58. The standard InChI is InChI=1S/C22H20N4/c23-16-12-14-22(15-13-16,26-25-17-6-2-1-3-7-17)20-10-11-21(24)19-9-5-4-8-18(19)20/h1-14H,15,23-24H2. The molecule has 0 spiro atoms. The summed E-state index contributed by atoms with van der Waals surface area (Å²) in [5.74, 6) is 0. The van der Waals surface area contributed by atoms with Gasteiger partial charge in [0.25, 0.3) is 0 Å². The van der Waals surface area contributed by atoms with E-state index in [2.05, 4.69) is 11.2 Å². The Hall–Kier alpha value is -3.40. The molecule has 4 rings (SSSR count). The average molecular weight is 340 g/mol. The predicted octanol–water partition coefficient (Wildman–Crippen LogP) is 5.20. The number of nitrogen functional groups attached to an aromatic ring is 1. The highest BCUT2D eigenvalue weighted by molar-refractivity contribution is 5.96. The molecule has 1 unspecified atom stereocenters. The van der Waals surface area contributed by atoms with Crippen molar-refractivity contribution in [1.82, 2.24) is 0 Å². The first-order chi connectivity index (χ1) is 12.7. The van der Waals surface area contributed by atoms with Crippen molar-refractivity contribution < 1.29 is 0 Å². The SMILES string of the molecule is NC1=CCC(N=Nc2ccccc2)(c2ccc(N)c3ccccc23)C=C1. The Kier molecular flexibility index (Phi) is 4.01. The van der Waals surface area contributed by atoms with Gasteiger partial charge in [-0.05, 0) is 41.3 Å². The van der Waals surface area contributed by atoms with Crippen LogP contribution in [0.1, 0.15) is 12.0 Å². The molecule has 0 fully saturated rings. The second-order valence-electron chi connectivity index (χ2n) is 6.45. The summed E-state index contributed by atoms with van der Waals surface area (Å²) < 4.78 is 0. The lowest BCUT2D eigenvalue weighted by molar-refractivity contribution is 0.540. The molecule has 1 aliphatic rings. The quantitative estimate of drug-likeness (QED) is 0.507. The van der Waals surface area contributed by atoms with Crippen LogP contribution in [0, 0.1) is 0 Å². The van der Waals surface area contributed by atoms with Crippen molar-refractivity contribution in [2.24, 2.45) is 16.0 Å². The molecule has 3 aromatic carbocycles. The first-order valence-corrected chi connectivity index (χ1v) is 8.58. The number of fused-ring (bicyclic) bond motifs is 1. The van der Waals surface area contributed by atoms with Crippen molar-refractivity contribution in [3.63, 3.8) is 0 Å². The number of nitrogens with zero attached hydrogens (tertiary/aromatic N) is 2. The molecule has 0 saturated heterocycles. The van der Waals surface area contributed by atoms with Crippen molar-refractivity contribution >= 4 is 22.1 Å². The van der Waals surface area contributed by atoms with E-state index >= 15 is 0 Å². The maximum Gasteiger partial charge on any atom is 0.129 e. The lowest BCUT2D eigenvalue weighted by Crippen LogP contribution is -2.23. The molecule has 4 N–H and O–H groups in total. The molecule has 0 aliphatic heterocycles. The number of hydrogen-bond acceptors (Lipinski definition) is 4. The summed E-state index contributed by atoms with van der Waals surface area (Å²) >= 11 is 0. The minimum atomic E-state index is -0.605. The topological polar surface area (TPSA) is 76.8 Å². The van der Waals surface area contributed by atoms with E-state index in [0.717, 1.165) is 33.4 Å². The smallest absolute Gasteiger partial charge is 0.129 e. The van der Waals surface area contributed by atoms with Crippen LogP contribution in [0.5, 0.6) is 0 Å². The molecular formula is C22H20N4. The van der Waals surface area contributed by atoms with Gasteiger partial charge in [-0.15, -0.1) is 0 Å². The molecule has 1 atom stereocenters. The fourth-order valence-electron chi connectivity index (χ4n) is 3.31. The van der Waals surface area contributed by atoms with E-state index in [1.807, 2.05) is 78.9 Å². The molecule has 3 aromatic rings. The lowest BCUT2D eigenvalue weighted by atomic mass is 9.81. The Balaban J connectivity index is 1.89. The highest BCUT2D eigenvalue weighted by Gasteiger charge is 2.32. The second kappa shape index (κ2) is 6.48. The normalized spacial score (nSPS) is 19.8. The average Bonchev–Trinajstić information content (AvgIpc) is 2.69. The largest absolute Gasteiger partial charge is 0.399 e. The van der Waals surface area contributed by atoms with E-state index < -0.39 is 5.54 Å². The van der Waals surface area contributed by atoms with E-state index in [0.29, 0.717) is 6.42 Å². The summed E-state index contributed by atoms with van der Waals surface area (Å²) in [4.78, 5) is 0. The molecule has 4 heteroatoms. The monoisotopic (exact) mass is 340 g/mol. The molecule has 0 aromatic heterocycles. The Labute approximate surface area is 152 Å². The summed E-state index contributed by atoms with van der Waals surface area (Å²) in [6, 6.07) is 21.9. The van der Waals surface area contributed by atoms with E-state index in [4.69, 9.17) is 16.6 Å². The number of azo groups is 1. The van der Waals surface area contributed by atoms with Gasteiger partial charge in [0.2, 0.25) is 0 Å². The molecule has 128 valence electrons. The van der Waals surface area contributed by atoms with Crippen molar-refractivity contribution in [3.8, 4) is 0 Å². The summed E-state index contributed by atoms with van der Waals surface area (Å²) in [5, 5.41) is 11.4. The summed E-state index contributed by atoms with van der Waals surface area (Å²) in [7, 11) is 0. The van der Waals surface area contributed by atoms with Crippen molar-refractivity contribution in [2.45, 2.75) is 12.0 Å². The molecule has 4 nitrogen and oxygen atoms in total. The van der Waals surface area contributed by atoms with Gasteiger partial charge in [-0.2, -0.15) is 10.2 Å². The number of allylic oxidation sites excluding steroid dienone is 1. The second-order valence-corrected chi connectivity index (χ2v) is 6.45. The van der Waals surface area contributed by atoms with Crippen molar-refractivity contribution in [1.29, 1.82) is 0 Å². The molecule has 26 heavy (non-hydrogen) atoms. The molecular weight excluding hydrogens is 320 g/mol. The van der Waals surface area contributed by atoms with Gasteiger partial charge in [-0.3, -0.25) is 0 Å². The third-order valence-electron chi connectivity index (χ3n) is 4.72. The summed E-state index contributed by atoms with van der Waals surface area (Å²) in [6.07, 6.45) is 6.58. The summed E-state index contributed by atoms with van der Waals surface area (Å²) in [6.45, 7) is 0. The Morgan fingerprint density at radius 2 is 1.54 bits per heavy atom. The lowest BCUT2D eigenvalue weighted by Gasteiger charge is -2.28. The van der Waals surface area contributed by atoms with E-state index in [-0.39, 0.29) is 0 Å². The van der Waals surface area contributed by atoms with Gasteiger partial charge < -0.3 is 11.5 Å². The van der Waals surface area contributed by atoms with Gasteiger partial charge in [0.1, 0.15) is 5.54 Å². The number of rotatable bonds is 3. The van der Waals surface area contributed by atoms with Gasteiger partial charge >= 0.3 is 0 Å². The Bertz CT molecular complexity index is 1030. The zero-order chi connectivity index (χ0) is 18.0. The van der Waals surface area contributed by atoms with Crippen molar-refractivity contribution in [3.05, 3.63) is 96.2 Å². The van der Waals surface area contributed by atoms with Crippen LogP contribution >= 0.6 is 0 Å². The molecule has 0 heterocycles. The van der Waals surface area contributed by atoms with Crippen LogP contribution in [0.15, 0.2) is 101 Å². The number of hydrogen-bond donors (Lipinski definition) is 2. The van der Waals surface area contributed by atoms with Gasteiger partial charge in [0.05, 0.1) is 5.69 Å². The highest BCUT2D eigenvalue weighted by atomic mass is 15.2. The minimum absolute atomic E-state index is 0.605. The predicted molar refractivity (Wildman–Crippen MR) is 107 cm³/mol. The van der Waals surface area contributed by atoms with Crippen LogP contribution in [0.3, 0.4) is 0 Å². The zero-order valence-corrected chi connectivity index (χ0v) is 14.3. The molecule has 0 saturated carbocycles. The molecule has 1 aliphatic carbocycles. The van der Waals surface area contributed by atoms with E-state index in [1.165, 1.54) is 0 Å². The molecule has 0 amide bonds. The van der Waals surface area contributed by atoms with Crippen LogP contribution in [-0.4, -0.2) is 0 Å². The zero-order valence-electron chi connectivity index (χ0n) is 14.3. The Morgan fingerprint density at radius 1 is 0.808 bits per heavy atom. The van der Waals surface area contributed by atoms with Crippen LogP contribution < -0.4 is 11.5 Å². The van der Waals surface area contributed by atoms with Crippen molar-refractivity contribution in [2.75, 3.05) is 5.73 Å². The Morgan fingerprint density at radius 3 is 2.27 bits per heavy atom. The van der Waals surface area contributed by atoms with E-state index in [1.54, 1.807) is 0 Å². The number of benzene rings is 3. The fourth-order valence-corrected chi connectivity index (χ4v) is 3.31. The maximum atomic E-state index is 6.18. The van der Waals surface area contributed by atoms with Crippen LogP contribution in [0.2, 0.25) is 0 Å². The third-order valence-corrected chi connectivity index (χ3v) is 4.72. The highest BCUT2D eigenvalue weighted by Crippen LogP contribution is 2.41. The number of nitrogens with two attached hydrogens (primary N) is 2. The van der Waals surface area contributed by atoms with Gasteiger partial charge in [0, 0.05) is 23.2 Å². The van der Waals surface area contributed by atoms with Gasteiger partial charge in [-0.1, -0.05) is 54.6 Å². The minimum Gasteiger partial charge on any atom is -0.399 e. The van der Waals surface area contributed by atoms with Crippen LogP contribution in [0.4, 0.5) is 11.4 Å². The first kappa shape index (κ1) is 16.1. The third kappa shape index (κ3) is 2.86. The number of anilines is 1. The van der Waals surface area contributed by atoms with Crippen LogP contribution in [-0.2, 0) is 5.54 Å². The van der Waals surface area contributed by atoms with E-state index in [9.17, 15) is 0 Å². The molecule has 0 bridgehead atoms. The summed E-state index contributed by atoms with van der Waals surface area (Å²) in [5.41, 5.74) is 14.9. The van der Waals surface area contributed by atoms with Crippen LogP contribution in [0.25, 0.3) is 10.8 Å². The maximum absolute atomic E-state index is 6.18.